The predicted octanol–water partition coefficient (Wildman–Crippen LogP) is 2.77. The summed E-state index contributed by atoms with van der Waals surface area (Å²) in [5, 5.41) is 29.2. The van der Waals surface area contributed by atoms with Crippen molar-refractivity contribution in [2.45, 2.75) is 23.1 Å². The molecule has 0 amide bonds. The monoisotopic (exact) mass is 606 g/mol. The molecule has 0 unspecified atom stereocenters. The molecular formula is C18H16F2N8O10S2. The normalized spacial score (nSPS) is 11.6. The fourth-order valence-electron chi connectivity index (χ4n) is 3.11. The highest BCUT2D eigenvalue weighted by Gasteiger charge is 2.29. The Hall–Kier alpha value is -4.67. The minimum atomic E-state index is -5.31. The number of halogens is 2. The molecular weight excluding hydrogens is 590 g/mol. The summed E-state index contributed by atoms with van der Waals surface area (Å²) >= 11 is 0. The summed E-state index contributed by atoms with van der Waals surface area (Å²) in [6.07, 6.45) is -0.767. The lowest BCUT2D eigenvalue weighted by Gasteiger charge is -2.16. The summed E-state index contributed by atoms with van der Waals surface area (Å²) in [6, 6.07) is 1.25. The predicted molar refractivity (Wildman–Crippen MR) is 131 cm³/mol. The van der Waals surface area contributed by atoms with E-state index in [1.165, 1.54) is 0 Å². The van der Waals surface area contributed by atoms with Crippen LogP contribution in [0, 0.1) is 32.1 Å². The Labute approximate surface area is 222 Å². The fraction of sp³-hybridized carbons (Fsp3) is 0.167. The van der Waals surface area contributed by atoms with E-state index in [1.54, 1.807) is 6.92 Å². The van der Waals surface area contributed by atoms with Gasteiger partial charge in [-0.05, 0) is 18.6 Å². The topological polar surface area (TPSA) is 270 Å². The standard InChI is InChI=1S/C18H16F2N8O10S2/c1-2-3-21-17-24-16(20)25-18(26-17)23-11-6-14(39(33,34)35)10(5-15(11)40(36,37)38)22-9-4-8(19)12(27(29)30)7-13(9)28(31)32/h4-7,22H,2-3H2,1H3,(H,33,34,35)(H,36,37,38)(H2,21,23,24,25,26). The molecule has 0 atom stereocenters. The van der Waals surface area contributed by atoms with Crippen molar-refractivity contribution in [3.63, 3.8) is 0 Å². The van der Waals surface area contributed by atoms with Gasteiger partial charge >= 0.3 is 11.8 Å². The Morgan fingerprint density at radius 3 is 1.82 bits per heavy atom. The molecule has 18 nitrogen and oxygen atoms in total. The van der Waals surface area contributed by atoms with Gasteiger partial charge in [-0.15, -0.1) is 0 Å². The van der Waals surface area contributed by atoms with E-state index in [1.807, 2.05) is 5.32 Å². The SMILES string of the molecule is CCCNc1nc(F)nc(Nc2cc(S(=O)(=O)O)c(Nc3cc(F)c([N+](=O)[O-])cc3[N+](=O)[O-])cc2S(=O)(=O)O)n1. The zero-order valence-corrected chi connectivity index (χ0v) is 21.3. The van der Waals surface area contributed by atoms with Gasteiger partial charge in [-0.2, -0.15) is 40.6 Å². The van der Waals surface area contributed by atoms with Crippen LogP contribution in [0.15, 0.2) is 34.1 Å². The number of nitro benzene ring substituents is 2. The number of aromatic nitrogens is 3. The molecule has 0 bridgehead atoms. The van der Waals surface area contributed by atoms with Crippen LogP contribution in [0.4, 0.5) is 49.1 Å². The number of nitrogens with one attached hydrogen (secondary N) is 3. The second-order valence-electron chi connectivity index (χ2n) is 7.56. The lowest BCUT2D eigenvalue weighted by atomic mass is 10.2. The van der Waals surface area contributed by atoms with E-state index < -0.39 is 86.2 Å². The van der Waals surface area contributed by atoms with Gasteiger partial charge in [-0.25, -0.2) is 0 Å². The van der Waals surface area contributed by atoms with Gasteiger partial charge in [0.1, 0.15) is 15.5 Å². The summed E-state index contributed by atoms with van der Waals surface area (Å²) in [7, 11) is -10.6. The Kier molecular flexibility index (Phi) is 8.37. The Morgan fingerprint density at radius 2 is 1.32 bits per heavy atom. The zero-order valence-electron chi connectivity index (χ0n) is 19.7. The van der Waals surface area contributed by atoms with Gasteiger partial charge in [0.25, 0.3) is 25.9 Å². The first-order valence-corrected chi connectivity index (χ1v) is 13.3. The van der Waals surface area contributed by atoms with Crippen molar-refractivity contribution in [3.8, 4) is 0 Å². The van der Waals surface area contributed by atoms with E-state index in [0.717, 1.165) is 0 Å². The number of hydrogen-bond acceptors (Lipinski definition) is 14. The molecule has 0 aliphatic heterocycles. The van der Waals surface area contributed by atoms with Crippen LogP contribution in [0.3, 0.4) is 0 Å². The minimum Gasteiger partial charge on any atom is -0.354 e. The number of benzene rings is 2. The smallest absolute Gasteiger partial charge is 0.315 e. The highest BCUT2D eigenvalue weighted by Crippen LogP contribution is 2.38. The van der Waals surface area contributed by atoms with Crippen LogP contribution < -0.4 is 16.0 Å². The Morgan fingerprint density at radius 1 is 0.800 bits per heavy atom. The van der Waals surface area contributed by atoms with Crippen molar-refractivity contribution in [1.82, 2.24) is 15.0 Å². The molecule has 0 fully saturated rings. The maximum absolute atomic E-state index is 14.2. The van der Waals surface area contributed by atoms with Gasteiger partial charge in [0.05, 0.1) is 27.3 Å². The van der Waals surface area contributed by atoms with Crippen molar-refractivity contribution in [1.29, 1.82) is 0 Å². The van der Waals surface area contributed by atoms with E-state index in [0.29, 0.717) is 25.1 Å². The maximum atomic E-state index is 14.2. The van der Waals surface area contributed by atoms with Gasteiger partial charge in [0.15, 0.2) is 0 Å². The Balaban J connectivity index is 2.23. The second-order valence-corrected chi connectivity index (χ2v) is 10.3. The molecule has 0 saturated carbocycles. The second kappa shape index (κ2) is 11.2. The molecule has 40 heavy (non-hydrogen) atoms. The molecule has 1 aromatic heterocycles. The van der Waals surface area contributed by atoms with Crippen molar-refractivity contribution < 1.29 is 44.6 Å². The van der Waals surface area contributed by atoms with Crippen LogP contribution in [0.2, 0.25) is 0 Å². The van der Waals surface area contributed by atoms with Crippen molar-refractivity contribution >= 4 is 60.6 Å². The molecule has 0 saturated heterocycles. The molecule has 0 aliphatic carbocycles. The van der Waals surface area contributed by atoms with Crippen LogP contribution in [0.5, 0.6) is 0 Å². The number of hydrogen-bond donors (Lipinski definition) is 5. The van der Waals surface area contributed by atoms with E-state index in [4.69, 9.17) is 0 Å². The third kappa shape index (κ3) is 6.85. The maximum Gasteiger partial charge on any atom is 0.315 e. The summed E-state index contributed by atoms with van der Waals surface area (Å²) in [4.78, 5) is 28.0. The molecule has 5 N–H and O–H groups in total. The van der Waals surface area contributed by atoms with Crippen LogP contribution in [-0.4, -0.2) is 57.3 Å². The largest absolute Gasteiger partial charge is 0.354 e. The summed E-state index contributed by atoms with van der Waals surface area (Å²) < 4.78 is 96.1. The molecule has 1 heterocycles. The number of anilines is 5. The zero-order chi connectivity index (χ0) is 30.0. The van der Waals surface area contributed by atoms with Gasteiger partial charge in [-0.1, -0.05) is 6.92 Å². The fourth-order valence-corrected chi connectivity index (χ4v) is 4.42. The molecule has 3 rings (SSSR count). The van der Waals surface area contributed by atoms with Crippen LogP contribution >= 0.6 is 0 Å². The Bertz CT molecular complexity index is 1740. The lowest BCUT2D eigenvalue weighted by molar-refractivity contribution is -0.395. The van der Waals surface area contributed by atoms with Gasteiger partial charge < -0.3 is 16.0 Å². The van der Waals surface area contributed by atoms with Crippen molar-refractivity contribution in [2.24, 2.45) is 0 Å². The van der Waals surface area contributed by atoms with Crippen molar-refractivity contribution in [2.75, 3.05) is 22.5 Å². The van der Waals surface area contributed by atoms with Crippen LogP contribution in [0.25, 0.3) is 0 Å². The van der Waals surface area contributed by atoms with Crippen LogP contribution in [-0.2, 0) is 20.2 Å². The average molecular weight is 607 g/mol. The van der Waals surface area contributed by atoms with E-state index in [9.17, 15) is 55.0 Å². The summed E-state index contributed by atoms with van der Waals surface area (Å²) in [5.74, 6) is -2.57. The third-order valence-electron chi connectivity index (χ3n) is 4.75. The van der Waals surface area contributed by atoms with Crippen LogP contribution in [0.1, 0.15) is 13.3 Å². The van der Waals surface area contributed by atoms with E-state index in [2.05, 4.69) is 25.6 Å². The molecule has 3 aromatic rings. The van der Waals surface area contributed by atoms with Gasteiger partial charge in [0, 0.05) is 12.6 Å². The third-order valence-corrected chi connectivity index (χ3v) is 6.54. The lowest BCUT2D eigenvalue weighted by Crippen LogP contribution is -2.13. The quantitative estimate of drug-likeness (QED) is 0.119. The van der Waals surface area contributed by atoms with Crippen molar-refractivity contribution in [3.05, 3.63) is 56.4 Å². The molecule has 22 heteroatoms. The first-order valence-electron chi connectivity index (χ1n) is 10.5. The van der Waals surface area contributed by atoms with Gasteiger partial charge in [0.2, 0.25) is 17.7 Å². The molecule has 2 aromatic carbocycles. The molecule has 0 spiro atoms. The molecule has 214 valence electrons. The number of rotatable bonds is 11. The molecule has 0 aliphatic rings. The summed E-state index contributed by atoms with van der Waals surface area (Å²) in [5.41, 5.74) is -5.12. The first-order chi connectivity index (χ1) is 18.5. The number of nitro groups is 2. The number of nitrogens with zero attached hydrogens (tertiary/aromatic N) is 5. The van der Waals surface area contributed by atoms with Gasteiger partial charge in [-0.3, -0.25) is 29.3 Å². The highest BCUT2D eigenvalue weighted by molar-refractivity contribution is 7.86. The van der Waals surface area contributed by atoms with E-state index in [-0.39, 0.29) is 18.1 Å². The molecule has 0 radical (unpaired) electrons. The average Bonchev–Trinajstić information content (AvgIpc) is 2.81. The first kappa shape index (κ1) is 29.9. The van der Waals surface area contributed by atoms with E-state index >= 15 is 0 Å². The minimum absolute atomic E-state index is 0.212. The highest BCUT2D eigenvalue weighted by atomic mass is 32.2. The summed E-state index contributed by atoms with van der Waals surface area (Å²) in [6.45, 7) is 2.07.